The third kappa shape index (κ3) is 2.64. The molecule has 1 aromatic heterocycles. The highest BCUT2D eigenvalue weighted by molar-refractivity contribution is 5.96. The van der Waals surface area contributed by atoms with Crippen molar-refractivity contribution in [1.29, 1.82) is 0 Å². The Bertz CT molecular complexity index is 720. The van der Waals surface area contributed by atoms with Crippen LogP contribution in [0.5, 0.6) is 0 Å². The minimum Gasteiger partial charge on any atom is -0.428 e. The van der Waals surface area contributed by atoms with E-state index in [0.717, 1.165) is 17.0 Å². The van der Waals surface area contributed by atoms with Crippen LogP contribution in [0.2, 0.25) is 0 Å². The molecule has 2 aromatic rings. The quantitative estimate of drug-likeness (QED) is 0.805. The summed E-state index contributed by atoms with van der Waals surface area (Å²) in [6, 6.07) is 7.37. The summed E-state index contributed by atoms with van der Waals surface area (Å²) in [4.78, 5) is 16.3. The lowest BCUT2D eigenvalue weighted by atomic mass is 10.1. The molecule has 4 nitrogen and oxygen atoms in total. The minimum absolute atomic E-state index is 0.297. The molecule has 0 bridgehead atoms. The van der Waals surface area contributed by atoms with Crippen LogP contribution in [0.3, 0.4) is 0 Å². The predicted molar refractivity (Wildman–Crippen MR) is 77.4 cm³/mol. The van der Waals surface area contributed by atoms with Crippen molar-refractivity contribution < 1.29 is 9.21 Å². The normalized spacial score (nSPS) is 11.7. The highest BCUT2D eigenvalue weighted by Crippen LogP contribution is 2.09. The van der Waals surface area contributed by atoms with Crippen molar-refractivity contribution in [3.05, 3.63) is 65.2 Å². The number of carbonyl (C=O) groups excluding carboxylic acids is 1. The van der Waals surface area contributed by atoms with Gasteiger partial charge in [0.05, 0.1) is 5.69 Å². The zero-order valence-electron chi connectivity index (χ0n) is 12.0. The molecule has 1 heterocycles. The molecule has 0 N–H and O–H groups in total. The predicted octanol–water partition coefficient (Wildman–Crippen LogP) is 2.93. The molecule has 104 valence electrons. The number of carbonyl (C=O) groups is 1. The molecule has 0 aliphatic heterocycles. The minimum atomic E-state index is -0.297. The van der Waals surface area contributed by atoms with Gasteiger partial charge in [-0.05, 0) is 32.4 Å². The standard InChI is InChI=1S/C16H18N2O2/c1-5-10-18-12(3)13(4)20-16(18)17-15(19)14-9-7-6-8-11(14)2/h5-9H,1,10H2,2-4H3. The fourth-order valence-electron chi connectivity index (χ4n) is 1.99. The Morgan fingerprint density at radius 2 is 2.05 bits per heavy atom. The Morgan fingerprint density at radius 3 is 2.70 bits per heavy atom. The van der Waals surface area contributed by atoms with Crippen molar-refractivity contribution >= 4 is 5.91 Å². The van der Waals surface area contributed by atoms with E-state index in [4.69, 9.17) is 4.42 Å². The first kappa shape index (κ1) is 14.1. The molecule has 1 amide bonds. The first-order chi connectivity index (χ1) is 9.54. The maximum atomic E-state index is 12.2. The second-order valence-electron chi connectivity index (χ2n) is 4.66. The number of aryl methyl sites for hydroxylation is 2. The highest BCUT2D eigenvalue weighted by Gasteiger charge is 2.11. The van der Waals surface area contributed by atoms with Crippen molar-refractivity contribution in [3.8, 4) is 0 Å². The van der Waals surface area contributed by atoms with Gasteiger partial charge in [-0.2, -0.15) is 4.99 Å². The SMILES string of the molecule is C=CCn1c(C)c(C)oc1=NC(=O)c1ccccc1C. The Hall–Kier alpha value is -2.36. The zero-order valence-corrected chi connectivity index (χ0v) is 12.0. The van der Waals surface area contributed by atoms with Gasteiger partial charge in [-0.25, -0.2) is 0 Å². The molecule has 2 rings (SSSR count). The van der Waals surface area contributed by atoms with Crippen LogP contribution >= 0.6 is 0 Å². The van der Waals surface area contributed by atoms with Crippen LogP contribution < -0.4 is 5.68 Å². The number of amides is 1. The van der Waals surface area contributed by atoms with E-state index in [1.807, 2.05) is 43.5 Å². The molecule has 0 fully saturated rings. The van der Waals surface area contributed by atoms with Gasteiger partial charge >= 0.3 is 5.68 Å². The van der Waals surface area contributed by atoms with Crippen molar-refractivity contribution in [2.75, 3.05) is 0 Å². The van der Waals surface area contributed by atoms with Crippen molar-refractivity contribution in [3.63, 3.8) is 0 Å². The molecule has 0 unspecified atom stereocenters. The average Bonchev–Trinajstić information content (AvgIpc) is 2.67. The number of aromatic nitrogens is 1. The molecular weight excluding hydrogens is 252 g/mol. The second kappa shape index (κ2) is 5.74. The van der Waals surface area contributed by atoms with E-state index in [2.05, 4.69) is 11.6 Å². The van der Waals surface area contributed by atoms with E-state index in [9.17, 15) is 4.79 Å². The number of allylic oxidation sites excluding steroid dienone is 1. The van der Waals surface area contributed by atoms with Gasteiger partial charge in [0.15, 0.2) is 0 Å². The van der Waals surface area contributed by atoms with Crippen LogP contribution in [0, 0.1) is 20.8 Å². The lowest BCUT2D eigenvalue weighted by Gasteiger charge is -2.01. The summed E-state index contributed by atoms with van der Waals surface area (Å²) in [6.07, 6.45) is 1.75. The number of hydrogen-bond donors (Lipinski definition) is 0. The highest BCUT2D eigenvalue weighted by atomic mass is 16.4. The smallest absolute Gasteiger partial charge is 0.305 e. The van der Waals surface area contributed by atoms with Crippen LogP contribution in [0.4, 0.5) is 0 Å². The molecule has 0 aliphatic rings. The van der Waals surface area contributed by atoms with Crippen LogP contribution in [-0.2, 0) is 6.54 Å². The third-order valence-electron chi connectivity index (χ3n) is 3.27. The molecule has 0 radical (unpaired) electrons. The summed E-state index contributed by atoms with van der Waals surface area (Å²) in [6.45, 7) is 9.94. The van der Waals surface area contributed by atoms with E-state index in [0.29, 0.717) is 17.8 Å². The van der Waals surface area contributed by atoms with Gasteiger partial charge in [0, 0.05) is 12.1 Å². The largest absolute Gasteiger partial charge is 0.428 e. The van der Waals surface area contributed by atoms with Crippen molar-refractivity contribution in [2.45, 2.75) is 27.3 Å². The Balaban J connectivity index is 2.51. The molecule has 0 spiro atoms. The van der Waals surface area contributed by atoms with Crippen LogP contribution in [0.15, 0.2) is 46.3 Å². The molecule has 0 aliphatic carbocycles. The summed E-state index contributed by atoms with van der Waals surface area (Å²) < 4.78 is 7.39. The molecule has 0 saturated heterocycles. The van der Waals surface area contributed by atoms with Crippen molar-refractivity contribution in [2.24, 2.45) is 4.99 Å². The summed E-state index contributed by atoms with van der Waals surface area (Å²) in [5.74, 6) is 0.456. The number of rotatable bonds is 3. The van der Waals surface area contributed by atoms with Crippen LogP contribution in [-0.4, -0.2) is 10.5 Å². The number of benzene rings is 1. The van der Waals surface area contributed by atoms with Gasteiger partial charge in [-0.3, -0.25) is 9.36 Å². The van der Waals surface area contributed by atoms with Crippen LogP contribution in [0.25, 0.3) is 0 Å². The molecule has 0 atom stereocenters. The molecular formula is C16H18N2O2. The van der Waals surface area contributed by atoms with E-state index >= 15 is 0 Å². The molecule has 4 heteroatoms. The Kier molecular flexibility index (Phi) is 4.03. The van der Waals surface area contributed by atoms with Gasteiger partial charge in [-0.15, -0.1) is 6.58 Å². The monoisotopic (exact) mass is 270 g/mol. The van der Waals surface area contributed by atoms with Gasteiger partial charge in [-0.1, -0.05) is 24.3 Å². The maximum Gasteiger partial charge on any atom is 0.305 e. The lowest BCUT2D eigenvalue weighted by Crippen LogP contribution is -2.19. The maximum absolute atomic E-state index is 12.2. The van der Waals surface area contributed by atoms with Gasteiger partial charge < -0.3 is 4.42 Å². The van der Waals surface area contributed by atoms with Gasteiger partial charge in [0.1, 0.15) is 5.76 Å². The van der Waals surface area contributed by atoms with E-state index in [1.165, 1.54) is 0 Å². The summed E-state index contributed by atoms with van der Waals surface area (Å²) in [5, 5.41) is 0. The summed E-state index contributed by atoms with van der Waals surface area (Å²) in [5.41, 5.74) is 2.75. The number of oxazole rings is 1. The van der Waals surface area contributed by atoms with E-state index < -0.39 is 0 Å². The van der Waals surface area contributed by atoms with Gasteiger partial charge in [0.2, 0.25) is 0 Å². The van der Waals surface area contributed by atoms with E-state index in [-0.39, 0.29) is 5.91 Å². The fourth-order valence-corrected chi connectivity index (χ4v) is 1.99. The first-order valence-electron chi connectivity index (χ1n) is 6.47. The average molecular weight is 270 g/mol. The third-order valence-corrected chi connectivity index (χ3v) is 3.27. The Morgan fingerprint density at radius 1 is 1.35 bits per heavy atom. The topological polar surface area (TPSA) is 47.5 Å². The van der Waals surface area contributed by atoms with Gasteiger partial charge in [0.25, 0.3) is 5.91 Å². The Labute approximate surface area is 118 Å². The summed E-state index contributed by atoms with van der Waals surface area (Å²) >= 11 is 0. The lowest BCUT2D eigenvalue weighted by molar-refractivity contribution is 0.0992. The first-order valence-corrected chi connectivity index (χ1v) is 6.47. The summed E-state index contributed by atoms with van der Waals surface area (Å²) in [7, 11) is 0. The van der Waals surface area contributed by atoms with Crippen LogP contribution in [0.1, 0.15) is 27.4 Å². The number of nitrogens with zero attached hydrogens (tertiary/aromatic N) is 2. The molecule has 0 saturated carbocycles. The molecule has 20 heavy (non-hydrogen) atoms. The number of hydrogen-bond acceptors (Lipinski definition) is 2. The molecule has 1 aromatic carbocycles. The van der Waals surface area contributed by atoms with Crippen molar-refractivity contribution in [1.82, 2.24) is 4.57 Å². The fraction of sp³-hybridized carbons (Fsp3) is 0.250. The zero-order chi connectivity index (χ0) is 14.7. The second-order valence-corrected chi connectivity index (χ2v) is 4.66. The van der Waals surface area contributed by atoms with E-state index in [1.54, 1.807) is 12.1 Å².